The first-order valence-electron chi connectivity index (χ1n) is 5.46. The van der Waals surface area contributed by atoms with Crippen molar-refractivity contribution in [2.75, 3.05) is 0 Å². The molecule has 0 radical (unpaired) electrons. The summed E-state index contributed by atoms with van der Waals surface area (Å²) in [6.07, 6.45) is 1.78. The maximum atomic E-state index is 6.08. The zero-order valence-electron chi connectivity index (χ0n) is 9.44. The molecule has 0 unspecified atom stereocenters. The number of rotatable bonds is 3. The molecule has 0 bridgehead atoms. The molecule has 1 aromatic carbocycles. The third-order valence-electron chi connectivity index (χ3n) is 2.62. The Bertz CT molecular complexity index is 491. The van der Waals surface area contributed by atoms with E-state index in [-0.39, 0.29) is 0 Å². The molecule has 0 amide bonds. The van der Waals surface area contributed by atoms with Crippen molar-refractivity contribution in [2.45, 2.75) is 26.7 Å². The van der Waals surface area contributed by atoms with Gasteiger partial charge in [0.15, 0.2) is 0 Å². The van der Waals surface area contributed by atoms with Crippen LogP contribution >= 0.6 is 11.6 Å². The van der Waals surface area contributed by atoms with Gasteiger partial charge in [-0.3, -0.25) is 4.57 Å². The maximum absolute atomic E-state index is 6.08. The van der Waals surface area contributed by atoms with Crippen LogP contribution in [-0.2, 0) is 12.8 Å². The molecule has 84 valence electrons. The molecule has 1 heterocycles. The molecule has 3 nitrogen and oxygen atoms in total. The molecule has 0 aliphatic rings. The Labute approximate surface area is 100 Å². The van der Waals surface area contributed by atoms with E-state index in [4.69, 9.17) is 11.6 Å². The van der Waals surface area contributed by atoms with Crippen LogP contribution in [0.3, 0.4) is 0 Å². The van der Waals surface area contributed by atoms with Crippen molar-refractivity contribution in [1.29, 1.82) is 0 Å². The summed E-state index contributed by atoms with van der Waals surface area (Å²) in [4.78, 5) is 0. The summed E-state index contributed by atoms with van der Waals surface area (Å²) in [5, 5.41) is 8.41. The Morgan fingerprint density at radius 1 is 1.12 bits per heavy atom. The highest BCUT2D eigenvalue weighted by Crippen LogP contribution is 2.21. The molecule has 0 fully saturated rings. The smallest absolute Gasteiger partial charge is 0.229 e. The number of hydrogen-bond donors (Lipinski definition) is 0. The van der Waals surface area contributed by atoms with Gasteiger partial charge < -0.3 is 0 Å². The minimum Gasteiger partial charge on any atom is -0.269 e. The van der Waals surface area contributed by atoms with Crippen molar-refractivity contribution < 1.29 is 0 Å². The van der Waals surface area contributed by atoms with Gasteiger partial charge in [-0.05, 0) is 29.7 Å². The van der Waals surface area contributed by atoms with Crippen molar-refractivity contribution in [3.05, 3.63) is 40.9 Å². The molecule has 0 atom stereocenters. The van der Waals surface area contributed by atoms with E-state index in [9.17, 15) is 0 Å². The second kappa shape index (κ2) is 4.66. The first-order chi connectivity index (χ1) is 7.77. The minimum atomic E-state index is 0.428. The molecular weight excluding hydrogens is 222 g/mol. The Balaban J connectivity index is 2.61. The van der Waals surface area contributed by atoms with Crippen LogP contribution in [-0.4, -0.2) is 14.8 Å². The predicted octanol–water partition coefficient (Wildman–Crippen LogP) is 3.05. The molecule has 1 aromatic heterocycles. The van der Waals surface area contributed by atoms with Crippen molar-refractivity contribution in [2.24, 2.45) is 0 Å². The van der Waals surface area contributed by atoms with Gasteiger partial charge in [-0.25, -0.2) is 0 Å². The van der Waals surface area contributed by atoms with Crippen LogP contribution in [0.1, 0.15) is 25.2 Å². The topological polar surface area (TPSA) is 30.7 Å². The average molecular weight is 236 g/mol. The quantitative estimate of drug-likeness (QED) is 0.819. The van der Waals surface area contributed by atoms with Crippen LogP contribution < -0.4 is 0 Å². The van der Waals surface area contributed by atoms with Crippen LogP contribution in [0.4, 0.5) is 0 Å². The zero-order chi connectivity index (χ0) is 11.5. The fraction of sp³-hybridized carbons (Fsp3) is 0.333. The van der Waals surface area contributed by atoms with Crippen molar-refractivity contribution in [3.63, 3.8) is 0 Å². The molecule has 0 aliphatic heterocycles. The molecule has 2 aromatic rings. The van der Waals surface area contributed by atoms with E-state index in [0.29, 0.717) is 5.28 Å². The molecular formula is C12H14ClN3. The summed E-state index contributed by atoms with van der Waals surface area (Å²) in [6.45, 7) is 4.17. The minimum absolute atomic E-state index is 0.428. The van der Waals surface area contributed by atoms with Gasteiger partial charge in [0, 0.05) is 6.42 Å². The zero-order valence-corrected chi connectivity index (χ0v) is 10.2. The van der Waals surface area contributed by atoms with Gasteiger partial charge >= 0.3 is 0 Å². The molecule has 0 saturated heterocycles. The SMILES string of the molecule is CCc1ccccc1-n1c(Cl)nnc1CC. The lowest BCUT2D eigenvalue weighted by molar-refractivity contribution is 0.873. The fourth-order valence-electron chi connectivity index (χ4n) is 1.79. The number of benzene rings is 1. The summed E-state index contributed by atoms with van der Waals surface area (Å²) in [5.74, 6) is 0.894. The van der Waals surface area contributed by atoms with Crippen LogP contribution in [0, 0.1) is 0 Å². The van der Waals surface area contributed by atoms with Gasteiger partial charge in [0.2, 0.25) is 5.28 Å². The predicted molar refractivity (Wildman–Crippen MR) is 65.1 cm³/mol. The number of hydrogen-bond acceptors (Lipinski definition) is 2. The number of aromatic nitrogens is 3. The summed E-state index contributed by atoms with van der Waals surface area (Å²) in [7, 11) is 0. The fourth-order valence-corrected chi connectivity index (χ4v) is 2.02. The maximum Gasteiger partial charge on any atom is 0.229 e. The average Bonchev–Trinajstić information content (AvgIpc) is 2.70. The van der Waals surface area contributed by atoms with Gasteiger partial charge in [0.25, 0.3) is 0 Å². The standard InChI is InChI=1S/C12H14ClN3/c1-3-9-7-5-6-8-10(9)16-11(4-2)14-15-12(16)13/h5-8H,3-4H2,1-2H3. The molecule has 0 aliphatic carbocycles. The highest BCUT2D eigenvalue weighted by Gasteiger charge is 2.12. The third kappa shape index (κ3) is 1.83. The van der Waals surface area contributed by atoms with E-state index >= 15 is 0 Å². The number of halogens is 1. The molecule has 4 heteroatoms. The normalized spacial score (nSPS) is 10.7. The van der Waals surface area contributed by atoms with Crippen molar-refractivity contribution >= 4 is 11.6 Å². The number of para-hydroxylation sites is 1. The summed E-state index contributed by atoms with van der Waals surface area (Å²) >= 11 is 6.08. The molecule has 16 heavy (non-hydrogen) atoms. The van der Waals surface area contributed by atoms with E-state index in [0.717, 1.165) is 24.4 Å². The summed E-state index contributed by atoms with van der Waals surface area (Å²) < 4.78 is 1.92. The van der Waals surface area contributed by atoms with Gasteiger partial charge in [0.1, 0.15) is 5.82 Å². The Hall–Kier alpha value is -1.35. The van der Waals surface area contributed by atoms with Crippen molar-refractivity contribution in [1.82, 2.24) is 14.8 Å². The number of aryl methyl sites for hydroxylation is 2. The van der Waals surface area contributed by atoms with Gasteiger partial charge in [0.05, 0.1) is 5.69 Å². The lowest BCUT2D eigenvalue weighted by atomic mass is 10.1. The van der Waals surface area contributed by atoms with E-state index in [2.05, 4.69) is 23.2 Å². The second-order valence-corrected chi connectivity index (χ2v) is 3.89. The lowest BCUT2D eigenvalue weighted by Gasteiger charge is -2.10. The Kier molecular flexibility index (Phi) is 3.25. The van der Waals surface area contributed by atoms with Crippen molar-refractivity contribution in [3.8, 4) is 5.69 Å². The Morgan fingerprint density at radius 3 is 2.56 bits per heavy atom. The number of nitrogens with zero attached hydrogens (tertiary/aromatic N) is 3. The van der Waals surface area contributed by atoms with Crippen LogP contribution in [0.2, 0.25) is 5.28 Å². The van der Waals surface area contributed by atoms with Gasteiger partial charge in [-0.1, -0.05) is 32.0 Å². The van der Waals surface area contributed by atoms with E-state index < -0.39 is 0 Å². The van der Waals surface area contributed by atoms with Crippen LogP contribution in [0.5, 0.6) is 0 Å². The molecule has 2 rings (SSSR count). The first kappa shape index (κ1) is 11.1. The largest absolute Gasteiger partial charge is 0.269 e. The Morgan fingerprint density at radius 2 is 1.88 bits per heavy atom. The summed E-state index contributed by atoms with van der Waals surface area (Å²) in [5.41, 5.74) is 2.33. The van der Waals surface area contributed by atoms with Crippen LogP contribution in [0.25, 0.3) is 5.69 Å². The molecule has 0 saturated carbocycles. The van der Waals surface area contributed by atoms with Gasteiger partial charge in [-0.2, -0.15) is 0 Å². The first-order valence-corrected chi connectivity index (χ1v) is 5.83. The third-order valence-corrected chi connectivity index (χ3v) is 2.86. The molecule has 0 spiro atoms. The second-order valence-electron chi connectivity index (χ2n) is 3.56. The highest BCUT2D eigenvalue weighted by atomic mass is 35.5. The van der Waals surface area contributed by atoms with E-state index in [1.165, 1.54) is 5.56 Å². The van der Waals surface area contributed by atoms with E-state index in [1.807, 2.05) is 29.7 Å². The van der Waals surface area contributed by atoms with Crippen LogP contribution in [0.15, 0.2) is 24.3 Å². The van der Waals surface area contributed by atoms with Gasteiger partial charge in [-0.15, -0.1) is 10.2 Å². The molecule has 0 N–H and O–H groups in total. The lowest BCUT2D eigenvalue weighted by Crippen LogP contribution is -2.03. The summed E-state index contributed by atoms with van der Waals surface area (Å²) in [6, 6.07) is 8.19. The monoisotopic (exact) mass is 235 g/mol. The van der Waals surface area contributed by atoms with E-state index in [1.54, 1.807) is 0 Å². The highest BCUT2D eigenvalue weighted by molar-refractivity contribution is 6.28.